The number of nitrogens with two attached hydrogens (primary N) is 1. The second kappa shape index (κ2) is 8.44. The van der Waals surface area contributed by atoms with Gasteiger partial charge in [-0.15, -0.1) is 0 Å². The number of carbonyl (C=O) groups excluding carboxylic acids is 2. The molecule has 26 heavy (non-hydrogen) atoms. The molecule has 3 amide bonds. The standard InChI is InChI=1S/C19H25N5O2/c1-19(2,3)24-18(26)22-12-16(20)13-4-6-14(7-5-13)17(25)23-15-8-10-21-11-9-15/h4-11,16H,12,20H2,1-3H3,(H,21,23,25)(H2,22,24,26). The lowest BCUT2D eigenvalue weighted by Gasteiger charge is -2.22. The Labute approximate surface area is 153 Å². The van der Waals surface area contributed by atoms with Crippen LogP contribution in [0.15, 0.2) is 48.8 Å². The van der Waals surface area contributed by atoms with E-state index < -0.39 is 0 Å². The summed E-state index contributed by atoms with van der Waals surface area (Å²) < 4.78 is 0. The van der Waals surface area contributed by atoms with Crippen molar-refractivity contribution in [2.24, 2.45) is 5.73 Å². The molecular weight excluding hydrogens is 330 g/mol. The molecule has 1 aromatic heterocycles. The molecule has 1 atom stereocenters. The molecule has 0 spiro atoms. The van der Waals surface area contributed by atoms with Crippen molar-refractivity contribution in [3.05, 3.63) is 59.9 Å². The Morgan fingerprint density at radius 1 is 1.08 bits per heavy atom. The molecule has 1 aromatic carbocycles. The highest BCUT2D eigenvalue weighted by Gasteiger charge is 2.15. The van der Waals surface area contributed by atoms with Crippen LogP contribution in [0.2, 0.25) is 0 Å². The fraction of sp³-hybridized carbons (Fsp3) is 0.316. The first-order valence-corrected chi connectivity index (χ1v) is 8.37. The molecule has 0 aliphatic rings. The summed E-state index contributed by atoms with van der Waals surface area (Å²) in [5, 5.41) is 8.35. The Bertz CT molecular complexity index is 739. The molecule has 7 nitrogen and oxygen atoms in total. The highest BCUT2D eigenvalue weighted by Crippen LogP contribution is 2.13. The monoisotopic (exact) mass is 355 g/mol. The highest BCUT2D eigenvalue weighted by molar-refractivity contribution is 6.04. The van der Waals surface area contributed by atoms with Gasteiger partial charge in [-0.1, -0.05) is 12.1 Å². The van der Waals surface area contributed by atoms with E-state index in [1.165, 1.54) is 0 Å². The molecule has 1 unspecified atom stereocenters. The predicted molar refractivity (Wildman–Crippen MR) is 102 cm³/mol. The van der Waals surface area contributed by atoms with Gasteiger partial charge in [-0.25, -0.2) is 4.79 Å². The molecule has 0 aliphatic carbocycles. The number of urea groups is 1. The van der Waals surface area contributed by atoms with Gasteiger partial charge in [-0.3, -0.25) is 9.78 Å². The van der Waals surface area contributed by atoms with Crippen LogP contribution in [-0.4, -0.2) is 29.0 Å². The molecule has 1 heterocycles. The third kappa shape index (κ3) is 6.18. The molecule has 0 bridgehead atoms. The second-order valence-corrected chi connectivity index (χ2v) is 7.00. The number of carbonyl (C=O) groups is 2. The summed E-state index contributed by atoms with van der Waals surface area (Å²) in [5.41, 5.74) is 7.84. The number of hydrogen-bond acceptors (Lipinski definition) is 4. The van der Waals surface area contributed by atoms with Crippen molar-refractivity contribution in [2.45, 2.75) is 32.4 Å². The van der Waals surface area contributed by atoms with Crippen molar-refractivity contribution in [1.29, 1.82) is 0 Å². The maximum absolute atomic E-state index is 12.2. The van der Waals surface area contributed by atoms with Gasteiger partial charge < -0.3 is 21.7 Å². The van der Waals surface area contributed by atoms with E-state index in [2.05, 4.69) is 20.9 Å². The first-order chi connectivity index (χ1) is 12.2. The minimum Gasteiger partial charge on any atom is -0.336 e. The van der Waals surface area contributed by atoms with Gasteiger partial charge in [0.1, 0.15) is 0 Å². The van der Waals surface area contributed by atoms with E-state index in [0.717, 1.165) is 5.56 Å². The van der Waals surface area contributed by atoms with Crippen molar-refractivity contribution in [1.82, 2.24) is 15.6 Å². The van der Waals surface area contributed by atoms with Crippen LogP contribution in [0.5, 0.6) is 0 Å². The average Bonchev–Trinajstić information content (AvgIpc) is 2.59. The van der Waals surface area contributed by atoms with Crippen LogP contribution in [0.1, 0.15) is 42.7 Å². The molecule has 0 saturated carbocycles. The van der Waals surface area contributed by atoms with Crippen LogP contribution >= 0.6 is 0 Å². The number of aromatic nitrogens is 1. The molecule has 0 radical (unpaired) electrons. The first kappa shape index (κ1) is 19.4. The molecule has 0 saturated heterocycles. The van der Waals surface area contributed by atoms with Crippen LogP contribution in [0, 0.1) is 0 Å². The van der Waals surface area contributed by atoms with E-state index >= 15 is 0 Å². The Hall–Kier alpha value is -2.93. The number of benzene rings is 1. The maximum Gasteiger partial charge on any atom is 0.315 e. The van der Waals surface area contributed by atoms with Gasteiger partial charge in [0.05, 0.1) is 0 Å². The van der Waals surface area contributed by atoms with Gasteiger partial charge in [-0.05, 0) is 50.6 Å². The van der Waals surface area contributed by atoms with E-state index in [4.69, 9.17) is 5.73 Å². The molecular formula is C19H25N5O2. The summed E-state index contributed by atoms with van der Waals surface area (Å²) >= 11 is 0. The topological polar surface area (TPSA) is 109 Å². The van der Waals surface area contributed by atoms with Gasteiger partial charge in [0.2, 0.25) is 0 Å². The van der Waals surface area contributed by atoms with Crippen molar-refractivity contribution in [3.63, 3.8) is 0 Å². The lowest BCUT2D eigenvalue weighted by molar-refractivity contribution is 0.102. The minimum atomic E-state index is -0.363. The van der Waals surface area contributed by atoms with Gasteiger partial charge in [-0.2, -0.15) is 0 Å². The SMILES string of the molecule is CC(C)(C)NC(=O)NCC(N)c1ccc(C(=O)Nc2ccncc2)cc1. The number of rotatable bonds is 5. The van der Waals surface area contributed by atoms with E-state index in [1.54, 1.807) is 48.8 Å². The highest BCUT2D eigenvalue weighted by atomic mass is 16.2. The zero-order chi connectivity index (χ0) is 19.2. The molecule has 2 rings (SSSR count). The fourth-order valence-electron chi connectivity index (χ4n) is 2.23. The number of pyridine rings is 1. The van der Waals surface area contributed by atoms with Crippen LogP contribution < -0.4 is 21.7 Å². The Balaban J connectivity index is 1.89. The second-order valence-electron chi connectivity index (χ2n) is 7.00. The maximum atomic E-state index is 12.2. The quantitative estimate of drug-likeness (QED) is 0.660. The third-order valence-electron chi connectivity index (χ3n) is 3.51. The van der Waals surface area contributed by atoms with Crippen molar-refractivity contribution >= 4 is 17.6 Å². The number of anilines is 1. The molecule has 7 heteroatoms. The van der Waals surface area contributed by atoms with Crippen LogP contribution in [0.25, 0.3) is 0 Å². The van der Waals surface area contributed by atoms with Crippen LogP contribution in [-0.2, 0) is 0 Å². The summed E-state index contributed by atoms with van der Waals surface area (Å²) in [5.74, 6) is -0.209. The van der Waals surface area contributed by atoms with Crippen LogP contribution in [0.4, 0.5) is 10.5 Å². The van der Waals surface area contributed by atoms with E-state index in [9.17, 15) is 9.59 Å². The first-order valence-electron chi connectivity index (χ1n) is 8.37. The van der Waals surface area contributed by atoms with Crippen LogP contribution in [0.3, 0.4) is 0 Å². The normalized spacial score (nSPS) is 12.2. The Morgan fingerprint density at radius 2 is 1.69 bits per heavy atom. The number of nitrogens with one attached hydrogen (secondary N) is 3. The van der Waals surface area contributed by atoms with E-state index in [0.29, 0.717) is 17.8 Å². The molecule has 0 fully saturated rings. The summed E-state index contributed by atoms with van der Waals surface area (Å²) in [7, 11) is 0. The van der Waals surface area contributed by atoms with Gasteiger partial charge in [0.25, 0.3) is 5.91 Å². The third-order valence-corrected chi connectivity index (χ3v) is 3.51. The number of nitrogens with zero attached hydrogens (tertiary/aromatic N) is 1. The lowest BCUT2D eigenvalue weighted by Crippen LogP contribution is -2.47. The smallest absolute Gasteiger partial charge is 0.315 e. The molecule has 0 aliphatic heterocycles. The Morgan fingerprint density at radius 3 is 2.27 bits per heavy atom. The summed E-state index contributed by atoms with van der Waals surface area (Å²) in [4.78, 5) is 27.9. The fourth-order valence-corrected chi connectivity index (χ4v) is 2.23. The zero-order valence-electron chi connectivity index (χ0n) is 15.2. The van der Waals surface area contributed by atoms with Crippen molar-refractivity contribution in [2.75, 3.05) is 11.9 Å². The molecule has 138 valence electrons. The van der Waals surface area contributed by atoms with Gasteiger partial charge in [0.15, 0.2) is 0 Å². The predicted octanol–water partition coefficient (Wildman–Crippen LogP) is 2.43. The molecule has 2 aromatic rings. The lowest BCUT2D eigenvalue weighted by atomic mass is 10.0. The summed E-state index contributed by atoms with van der Waals surface area (Å²) in [6.07, 6.45) is 3.22. The number of hydrogen-bond donors (Lipinski definition) is 4. The van der Waals surface area contributed by atoms with Gasteiger partial charge >= 0.3 is 6.03 Å². The van der Waals surface area contributed by atoms with E-state index in [1.807, 2.05) is 20.8 Å². The van der Waals surface area contributed by atoms with Crippen molar-refractivity contribution < 1.29 is 9.59 Å². The number of amides is 3. The Kier molecular flexibility index (Phi) is 6.30. The molecule has 5 N–H and O–H groups in total. The average molecular weight is 355 g/mol. The van der Waals surface area contributed by atoms with E-state index in [-0.39, 0.29) is 23.5 Å². The largest absolute Gasteiger partial charge is 0.336 e. The summed E-state index contributed by atoms with van der Waals surface area (Å²) in [6, 6.07) is 9.80. The summed E-state index contributed by atoms with van der Waals surface area (Å²) in [6.45, 7) is 6.01. The zero-order valence-corrected chi connectivity index (χ0v) is 15.2. The minimum absolute atomic E-state index is 0.209. The van der Waals surface area contributed by atoms with Crippen molar-refractivity contribution in [3.8, 4) is 0 Å². The van der Waals surface area contributed by atoms with Gasteiger partial charge in [0, 0.05) is 41.8 Å².